The van der Waals surface area contributed by atoms with Gasteiger partial charge in [0.05, 0.1) is 31.2 Å². The van der Waals surface area contributed by atoms with Crippen LogP contribution >= 0.6 is 0 Å². The Kier molecular flexibility index (Phi) is 4.49. The summed E-state index contributed by atoms with van der Waals surface area (Å²) >= 11 is 0. The van der Waals surface area contributed by atoms with Crippen molar-refractivity contribution in [1.82, 2.24) is 0 Å². The molecule has 0 saturated carbocycles. The van der Waals surface area contributed by atoms with Crippen LogP contribution in [0.5, 0.6) is 0 Å². The number of carbonyl (C=O) groups excluding carboxylic acids is 1. The fourth-order valence-corrected chi connectivity index (χ4v) is 1.98. The lowest BCUT2D eigenvalue weighted by molar-refractivity contribution is -0.384. The maximum absolute atomic E-state index is 11.3. The lowest BCUT2D eigenvalue weighted by Crippen LogP contribution is -2.12. The van der Waals surface area contributed by atoms with Crippen molar-refractivity contribution in [2.45, 2.75) is 6.42 Å². The summed E-state index contributed by atoms with van der Waals surface area (Å²) in [6.07, 6.45) is 0.163. The van der Waals surface area contributed by atoms with Gasteiger partial charge in [-0.25, -0.2) is 0 Å². The number of nitrogens with zero attached hydrogens (tertiary/aromatic N) is 1. The molecule has 1 aromatic carbocycles. The number of carbonyl (C=O) groups is 1. The van der Waals surface area contributed by atoms with Gasteiger partial charge in [0, 0.05) is 18.3 Å². The van der Waals surface area contributed by atoms with Gasteiger partial charge in [-0.1, -0.05) is 0 Å². The molecule has 0 spiro atoms. The molecule has 1 amide bonds. The van der Waals surface area contributed by atoms with E-state index in [2.05, 4.69) is 10.6 Å². The van der Waals surface area contributed by atoms with Crippen molar-refractivity contribution >= 4 is 23.0 Å². The minimum absolute atomic E-state index is 0.0645. The number of hydrogen-bond acceptors (Lipinski definition) is 6. The van der Waals surface area contributed by atoms with Gasteiger partial charge in [-0.15, -0.1) is 0 Å². The fraction of sp³-hybridized carbons (Fsp3) is 0.417. The highest BCUT2D eigenvalue weighted by atomic mass is 16.6. The van der Waals surface area contributed by atoms with Crippen LogP contribution in [0, 0.1) is 10.1 Å². The van der Waals surface area contributed by atoms with Crippen molar-refractivity contribution in [3.05, 3.63) is 27.8 Å². The number of nitro benzene ring substituents is 1. The number of fused-ring (bicyclic) bond motifs is 1. The second kappa shape index (κ2) is 6.31. The molecule has 1 aromatic rings. The van der Waals surface area contributed by atoms with Gasteiger partial charge in [0.1, 0.15) is 5.69 Å². The fourth-order valence-electron chi connectivity index (χ4n) is 1.98. The van der Waals surface area contributed by atoms with Crippen molar-refractivity contribution in [2.75, 3.05) is 37.0 Å². The van der Waals surface area contributed by atoms with Gasteiger partial charge in [0.15, 0.2) is 0 Å². The molecule has 1 aliphatic heterocycles. The molecule has 0 saturated heterocycles. The predicted molar refractivity (Wildman–Crippen MR) is 71.8 cm³/mol. The molecule has 0 radical (unpaired) electrons. The van der Waals surface area contributed by atoms with Gasteiger partial charge >= 0.3 is 0 Å². The van der Waals surface area contributed by atoms with E-state index in [1.807, 2.05) is 0 Å². The predicted octanol–water partition coefficient (Wildman–Crippen LogP) is 0.510. The van der Waals surface area contributed by atoms with E-state index < -0.39 is 4.92 Å². The van der Waals surface area contributed by atoms with Crippen LogP contribution in [0.25, 0.3) is 0 Å². The molecule has 1 aliphatic rings. The van der Waals surface area contributed by atoms with Crippen LogP contribution in [0.3, 0.4) is 0 Å². The number of aliphatic hydroxyl groups is 1. The number of aliphatic hydroxyl groups excluding tert-OH is 1. The monoisotopic (exact) mass is 281 g/mol. The molecule has 108 valence electrons. The number of rotatable bonds is 7. The van der Waals surface area contributed by atoms with Gasteiger partial charge in [-0.2, -0.15) is 0 Å². The van der Waals surface area contributed by atoms with Crippen LogP contribution in [-0.2, 0) is 16.0 Å². The summed E-state index contributed by atoms with van der Waals surface area (Å²) < 4.78 is 5.06. The first-order valence-corrected chi connectivity index (χ1v) is 6.15. The zero-order chi connectivity index (χ0) is 14.5. The van der Waals surface area contributed by atoms with Gasteiger partial charge < -0.3 is 20.5 Å². The third-order valence-corrected chi connectivity index (χ3v) is 2.84. The lowest BCUT2D eigenvalue weighted by Gasteiger charge is -2.09. The zero-order valence-corrected chi connectivity index (χ0v) is 10.7. The van der Waals surface area contributed by atoms with Crippen molar-refractivity contribution in [1.29, 1.82) is 0 Å². The Labute approximate surface area is 114 Å². The molecule has 3 N–H and O–H groups in total. The largest absolute Gasteiger partial charge is 0.394 e. The van der Waals surface area contributed by atoms with Gasteiger partial charge in [-0.05, 0) is 11.6 Å². The Morgan fingerprint density at radius 3 is 2.95 bits per heavy atom. The first-order valence-electron chi connectivity index (χ1n) is 6.15. The molecule has 8 nitrogen and oxygen atoms in total. The lowest BCUT2D eigenvalue weighted by atomic mass is 10.1. The Morgan fingerprint density at radius 1 is 1.45 bits per heavy atom. The third kappa shape index (κ3) is 3.22. The maximum Gasteiger partial charge on any atom is 0.292 e. The highest BCUT2D eigenvalue weighted by Gasteiger charge is 2.24. The van der Waals surface area contributed by atoms with Crippen LogP contribution in [0.1, 0.15) is 5.56 Å². The number of nitro groups is 1. The van der Waals surface area contributed by atoms with E-state index in [1.165, 1.54) is 6.07 Å². The molecular formula is C12H15N3O5. The second-order valence-corrected chi connectivity index (χ2v) is 4.27. The third-order valence-electron chi connectivity index (χ3n) is 2.84. The van der Waals surface area contributed by atoms with E-state index in [1.54, 1.807) is 6.07 Å². The SMILES string of the molecule is O=C1Cc2cc([N+](=O)[O-])c(NCCOCCO)cc2N1. The molecule has 0 bridgehead atoms. The summed E-state index contributed by atoms with van der Waals surface area (Å²) in [7, 11) is 0. The molecular weight excluding hydrogens is 266 g/mol. The summed E-state index contributed by atoms with van der Waals surface area (Å²) in [5, 5.41) is 25.1. The minimum Gasteiger partial charge on any atom is -0.394 e. The van der Waals surface area contributed by atoms with E-state index in [0.717, 1.165) is 0 Å². The standard InChI is InChI=1S/C12H15N3O5/c16-2-4-20-3-1-13-10-7-9-8(6-12(17)14-9)5-11(10)15(18)19/h5,7,13,16H,1-4,6H2,(H,14,17). The number of benzene rings is 1. The molecule has 2 rings (SSSR count). The molecule has 0 unspecified atom stereocenters. The Balaban J connectivity index is 2.09. The van der Waals surface area contributed by atoms with Crippen LogP contribution in [-0.4, -0.2) is 42.3 Å². The van der Waals surface area contributed by atoms with Gasteiger partial charge in [0.25, 0.3) is 5.69 Å². The van der Waals surface area contributed by atoms with Crippen LogP contribution in [0.2, 0.25) is 0 Å². The van der Waals surface area contributed by atoms with Crippen molar-refractivity contribution in [2.24, 2.45) is 0 Å². The number of hydrogen-bond donors (Lipinski definition) is 3. The highest BCUT2D eigenvalue weighted by Crippen LogP contribution is 2.34. The first-order chi connectivity index (χ1) is 9.61. The van der Waals surface area contributed by atoms with Crippen LogP contribution in [0.4, 0.5) is 17.1 Å². The number of ether oxygens (including phenoxy) is 1. The molecule has 0 fully saturated rings. The molecule has 0 atom stereocenters. The Bertz CT molecular complexity index is 532. The molecule has 8 heteroatoms. The molecule has 0 aliphatic carbocycles. The average Bonchev–Trinajstić information content (AvgIpc) is 2.76. The number of anilines is 2. The van der Waals surface area contributed by atoms with E-state index in [-0.39, 0.29) is 31.2 Å². The maximum atomic E-state index is 11.3. The minimum atomic E-state index is -0.486. The normalized spacial score (nSPS) is 12.9. The van der Waals surface area contributed by atoms with E-state index >= 15 is 0 Å². The smallest absolute Gasteiger partial charge is 0.292 e. The zero-order valence-electron chi connectivity index (χ0n) is 10.7. The topological polar surface area (TPSA) is 114 Å². The quantitative estimate of drug-likeness (QED) is 0.381. The van der Waals surface area contributed by atoms with Crippen molar-refractivity contribution in [3.63, 3.8) is 0 Å². The van der Waals surface area contributed by atoms with Gasteiger partial charge in [0.2, 0.25) is 5.91 Å². The second-order valence-electron chi connectivity index (χ2n) is 4.27. The number of nitrogens with one attached hydrogen (secondary N) is 2. The van der Waals surface area contributed by atoms with E-state index in [9.17, 15) is 14.9 Å². The van der Waals surface area contributed by atoms with Crippen LogP contribution < -0.4 is 10.6 Å². The molecule has 0 aromatic heterocycles. The molecule has 20 heavy (non-hydrogen) atoms. The summed E-state index contributed by atoms with van der Waals surface area (Å²) in [6, 6.07) is 2.97. The van der Waals surface area contributed by atoms with E-state index in [4.69, 9.17) is 9.84 Å². The number of amides is 1. The van der Waals surface area contributed by atoms with Gasteiger partial charge in [-0.3, -0.25) is 14.9 Å². The Morgan fingerprint density at radius 2 is 2.25 bits per heavy atom. The Hall–Kier alpha value is -2.19. The first kappa shape index (κ1) is 14.2. The highest BCUT2D eigenvalue weighted by molar-refractivity contribution is 6.00. The average molecular weight is 281 g/mol. The summed E-state index contributed by atoms with van der Waals surface area (Å²) in [5.74, 6) is -0.169. The van der Waals surface area contributed by atoms with Crippen LogP contribution in [0.15, 0.2) is 12.1 Å². The summed E-state index contributed by atoms with van der Waals surface area (Å²) in [5.41, 5.74) is 1.49. The summed E-state index contributed by atoms with van der Waals surface area (Å²) in [6.45, 7) is 0.851. The van der Waals surface area contributed by atoms with Crippen molar-refractivity contribution in [3.8, 4) is 0 Å². The summed E-state index contributed by atoms with van der Waals surface area (Å²) in [4.78, 5) is 21.8. The van der Waals surface area contributed by atoms with Crippen molar-refractivity contribution < 1.29 is 19.6 Å². The molecule has 1 heterocycles. The van der Waals surface area contributed by atoms with E-state index in [0.29, 0.717) is 30.1 Å².